The summed E-state index contributed by atoms with van der Waals surface area (Å²) in [6.07, 6.45) is -1.06. The number of hydrogen-bond donors (Lipinski definition) is 0. The van der Waals surface area contributed by atoms with Gasteiger partial charge in [0.05, 0.1) is 5.56 Å². The molecular formula is C21H15ClO3. The number of carbonyl (C=O) groups excluding carboxylic acids is 2. The second-order valence-corrected chi connectivity index (χ2v) is 5.87. The van der Waals surface area contributed by atoms with E-state index >= 15 is 0 Å². The molecule has 0 amide bonds. The van der Waals surface area contributed by atoms with Gasteiger partial charge in [0.15, 0.2) is 6.10 Å². The molecule has 1 atom stereocenters. The maximum absolute atomic E-state index is 12.9. The number of hydrogen-bond acceptors (Lipinski definition) is 3. The van der Waals surface area contributed by atoms with Gasteiger partial charge in [-0.1, -0.05) is 72.3 Å². The lowest BCUT2D eigenvalue weighted by molar-refractivity contribution is 0.0280. The highest BCUT2D eigenvalue weighted by Gasteiger charge is 2.26. The quantitative estimate of drug-likeness (QED) is 0.473. The predicted octanol–water partition coefficient (Wildman–Crippen LogP) is 5.12. The number of esters is 1. The van der Waals surface area contributed by atoms with E-state index in [0.29, 0.717) is 21.7 Å². The van der Waals surface area contributed by atoms with Gasteiger partial charge >= 0.3 is 5.97 Å². The monoisotopic (exact) mass is 350 g/mol. The fourth-order valence-corrected chi connectivity index (χ4v) is 2.64. The fourth-order valence-electron chi connectivity index (χ4n) is 2.45. The van der Waals surface area contributed by atoms with Crippen molar-refractivity contribution >= 4 is 23.4 Å². The van der Waals surface area contributed by atoms with Gasteiger partial charge in [0.25, 0.3) is 0 Å². The second kappa shape index (κ2) is 7.77. The summed E-state index contributed by atoms with van der Waals surface area (Å²) in [6, 6.07) is 24.1. The Bertz CT molecular complexity index is 876. The highest BCUT2D eigenvalue weighted by molar-refractivity contribution is 6.30. The van der Waals surface area contributed by atoms with Gasteiger partial charge in [0.1, 0.15) is 0 Å². The number of ketones is 1. The summed E-state index contributed by atoms with van der Waals surface area (Å²) in [6.45, 7) is 0. The van der Waals surface area contributed by atoms with Gasteiger partial charge in [-0.3, -0.25) is 4.79 Å². The van der Waals surface area contributed by atoms with Crippen molar-refractivity contribution in [3.63, 3.8) is 0 Å². The molecule has 25 heavy (non-hydrogen) atoms. The first kappa shape index (κ1) is 16.9. The zero-order chi connectivity index (χ0) is 17.6. The van der Waals surface area contributed by atoms with Crippen LogP contribution in [0.5, 0.6) is 0 Å². The smallest absolute Gasteiger partial charge is 0.339 e. The van der Waals surface area contributed by atoms with Gasteiger partial charge in [-0.25, -0.2) is 4.79 Å². The summed E-state index contributed by atoms with van der Waals surface area (Å²) in [7, 11) is 0. The van der Waals surface area contributed by atoms with E-state index in [2.05, 4.69) is 0 Å². The normalized spacial score (nSPS) is 11.6. The van der Waals surface area contributed by atoms with E-state index in [-0.39, 0.29) is 5.78 Å². The zero-order valence-corrected chi connectivity index (χ0v) is 14.0. The third-order valence-electron chi connectivity index (χ3n) is 3.68. The minimum atomic E-state index is -1.06. The van der Waals surface area contributed by atoms with Crippen LogP contribution in [0.1, 0.15) is 32.4 Å². The summed E-state index contributed by atoms with van der Waals surface area (Å²) in [4.78, 5) is 25.3. The van der Waals surface area contributed by atoms with Crippen molar-refractivity contribution in [1.82, 2.24) is 0 Å². The van der Waals surface area contributed by atoms with E-state index in [4.69, 9.17) is 16.3 Å². The topological polar surface area (TPSA) is 43.4 Å². The Hall–Kier alpha value is -2.91. The standard InChI is InChI=1S/C21H15ClO3/c22-18-13-7-12-17(14-18)20(19(23)15-8-3-1-4-9-15)25-21(24)16-10-5-2-6-11-16/h1-14,20H. The van der Waals surface area contributed by atoms with Gasteiger partial charge in [-0.15, -0.1) is 0 Å². The molecule has 0 bridgehead atoms. The van der Waals surface area contributed by atoms with Gasteiger partial charge in [0.2, 0.25) is 5.78 Å². The van der Waals surface area contributed by atoms with Gasteiger partial charge in [0, 0.05) is 16.1 Å². The SMILES string of the molecule is O=C(OC(C(=O)c1ccccc1)c1cccc(Cl)c1)c1ccccc1. The first-order valence-electron chi connectivity index (χ1n) is 7.76. The van der Waals surface area contributed by atoms with Crippen molar-refractivity contribution in [2.45, 2.75) is 6.10 Å². The molecule has 0 saturated carbocycles. The number of carbonyl (C=O) groups is 2. The van der Waals surface area contributed by atoms with Crippen molar-refractivity contribution in [1.29, 1.82) is 0 Å². The molecule has 0 saturated heterocycles. The van der Waals surface area contributed by atoms with E-state index in [1.807, 2.05) is 6.07 Å². The molecule has 0 fully saturated rings. The molecule has 0 aliphatic carbocycles. The molecule has 0 N–H and O–H groups in total. The molecule has 3 aromatic rings. The van der Waals surface area contributed by atoms with E-state index in [0.717, 1.165) is 0 Å². The summed E-state index contributed by atoms with van der Waals surface area (Å²) in [5.41, 5.74) is 1.38. The summed E-state index contributed by atoms with van der Waals surface area (Å²) in [5.74, 6) is -0.859. The van der Waals surface area contributed by atoms with E-state index < -0.39 is 12.1 Å². The molecule has 0 spiro atoms. The van der Waals surface area contributed by atoms with Crippen LogP contribution in [-0.2, 0) is 4.74 Å². The Kier molecular flexibility index (Phi) is 5.26. The Morgan fingerprint density at radius 2 is 1.36 bits per heavy atom. The largest absolute Gasteiger partial charge is 0.445 e. The number of ether oxygens (including phenoxy) is 1. The van der Waals surface area contributed by atoms with Crippen LogP contribution in [0.2, 0.25) is 5.02 Å². The van der Waals surface area contributed by atoms with Crippen molar-refractivity contribution in [3.05, 3.63) is 107 Å². The van der Waals surface area contributed by atoms with Crippen molar-refractivity contribution in [3.8, 4) is 0 Å². The first-order chi connectivity index (χ1) is 12.1. The maximum atomic E-state index is 12.9. The molecule has 1 unspecified atom stereocenters. The average molecular weight is 351 g/mol. The lowest BCUT2D eigenvalue weighted by Gasteiger charge is -2.18. The lowest BCUT2D eigenvalue weighted by atomic mass is 9.99. The summed E-state index contributed by atoms with van der Waals surface area (Å²) >= 11 is 6.04. The van der Waals surface area contributed by atoms with Crippen LogP contribution in [0.25, 0.3) is 0 Å². The van der Waals surface area contributed by atoms with Crippen LogP contribution >= 0.6 is 11.6 Å². The third-order valence-corrected chi connectivity index (χ3v) is 3.92. The average Bonchev–Trinajstić information content (AvgIpc) is 2.67. The molecule has 0 aliphatic rings. The Morgan fingerprint density at radius 3 is 1.96 bits per heavy atom. The molecule has 124 valence electrons. The van der Waals surface area contributed by atoms with E-state index in [9.17, 15) is 9.59 Å². The van der Waals surface area contributed by atoms with Crippen molar-refractivity contribution < 1.29 is 14.3 Å². The van der Waals surface area contributed by atoms with Crippen LogP contribution in [0.3, 0.4) is 0 Å². The van der Waals surface area contributed by atoms with Crippen LogP contribution in [0.4, 0.5) is 0 Å². The van der Waals surface area contributed by atoms with Crippen molar-refractivity contribution in [2.75, 3.05) is 0 Å². The van der Waals surface area contributed by atoms with Crippen LogP contribution in [0.15, 0.2) is 84.9 Å². The summed E-state index contributed by atoms with van der Waals surface area (Å²) < 4.78 is 5.55. The van der Waals surface area contributed by atoms with Gasteiger partial charge < -0.3 is 4.74 Å². The van der Waals surface area contributed by atoms with Crippen LogP contribution in [0, 0.1) is 0 Å². The Morgan fingerprint density at radius 1 is 0.760 bits per heavy atom. The summed E-state index contributed by atoms with van der Waals surface area (Å²) in [5, 5.41) is 0.471. The number of benzene rings is 3. The highest BCUT2D eigenvalue weighted by atomic mass is 35.5. The van der Waals surface area contributed by atoms with Crippen LogP contribution in [-0.4, -0.2) is 11.8 Å². The molecule has 0 heterocycles. The third kappa shape index (κ3) is 4.14. The van der Waals surface area contributed by atoms with Gasteiger partial charge in [-0.2, -0.15) is 0 Å². The molecular weight excluding hydrogens is 336 g/mol. The fraction of sp³-hybridized carbons (Fsp3) is 0.0476. The second-order valence-electron chi connectivity index (χ2n) is 5.44. The minimum absolute atomic E-state index is 0.299. The molecule has 0 aliphatic heterocycles. The number of Topliss-reactive ketones (excluding diaryl/α,β-unsaturated/α-hetero) is 1. The number of halogens is 1. The predicted molar refractivity (Wildman–Crippen MR) is 96.8 cm³/mol. The first-order valence-corrected chi connectivity index (χ1v) is 8.14. The maximum Gasteiger partial charge on any atom is 0.339 e. The molecule has 3 aromatic carbocycles. The van der Waals surface area contributed by atoms with E-state index in [1.165, 1.54) is 0 Å². The molecule has 0 radical (unpaired) electrons. The molecule has 4 heteroatoms. The Balaban J connectivity index is 1.95. The van der Waals surface area contributed by atoms with Gasteiger partial charge in [-0.05, 0) is 24.3 Å². The highest BCUT2D eigenvalue weighted by Crippen LogP contribution is 2.26. The molecule has 0 aromatic heterocycles. The molecule has 3 nitrogen and oxygen atoms in total. The van der Waals surface area contributed by atoms with Crippen molar-refractivity contribution in [2.24, 2.45) is 0 Å². The zero-order valence-electron chi connectivity index (χ0n) is 13.3. The minimum Gasteiger partial charge on any atom is -0.445 e. The Labute approximate surface area is 150 Å². The van der Waals surface area contributed by atoms with E-state index in [1.54, 1.807) is 78.9 Å². The number of rotatable bonds is 5. The van der Waals surface area contributed by atoms with Crippen LogP contribution < -0.4 is 0 Å². The molecule has 3 rings (SSSR count). The lowest BCUT2D eigenvalue weighted by Crippen LogP contribution is -2.20.